The summed E-state index contributed by atoms with van der Waals surface area (Å²) in [5, 5.41) is 15.5. The molecule has 3 amide bonds. The molecule has 0 aliphatic heterocycles. The number of pyridine rings is 1. The Labute approximate surface area is 204 Å². The molecule has 190 valence electrons. The molecular weight excluding hydrogens is 479 g/mol. The van der Waals surface area contributed by atoms with Gasteiger partial charge in [-0.05, 0) is 67.4 Å². The number of carbonyl (C=O) groups is 3. The van der Waals surface area contributed by atoms with Crippen molar-refractivity contribution < 1.29 is 32.7 Å². The number of nitrogens with two attached hydrogens (primary N) is 1. The second-order valence-electron chi connectivity index (χ2n) is 7.64. The van der Waals surface area contributed by atoms with Crippen LogP contribution in [0.5, 0.6) is 0 Å². The molecule has 0 fully saturated rings. The van der Waals surface area contributed by atoms with Gasteiger partial charge in [0.2, 0.25) is 0 Å². The van der Waals surface area contributed by atoms with Gasteiger partial charge in [-0.15, -0.1) is 0 Å². The van der Waals surface area contributed by atoms with E-state index in [4.69, 9.17) is 15.6 Å². The Kier molecular flexibility index (Phi) is 9.36. The van der Waals surface area contributed by atoms with Crippen molar-refractivity contribution in [2.24, 2.45) is 0 Å². The van der Waals surface area contributed by atoms with Crippen LogP contribution < -0.4 is 21.7 Å². The summed E-state index contributed by atoms with van der Waals surface area (Å²) in [6.45, 7) is 3.78. The largest absolute Gasteiger partial charge is 0.490 e. The van der Waals surface area contributed by atoms with E-state index < -0.39 is 18.2 Å². The molecule has 0 atom stereocenters. The number of aliphatic carboxylic acids is 1. The van der Waals surface area contributed by atoms with E-state index in [0.717, 1.165) is 11.1 Å². The molecule has 9 nitrogen and oxygen atoms in total. The monoisotopic (exact) mass is 503 g/mol. The molecule has 12 heteroatoms. The number of halogens is 3. The van der Waals surface area contributed by atoms with Crippen LogP contribution in [0.3, 0.4) is 0 Å². The number of nitrogen functional groups attached to an aromatic ring is 1. The van der Waals surface area contributed by atoms with Crippen LogP contribution in [0.25, 0.3) is 11.1 Å². The SMILES string of the molecule is CC(C)NC(=O)c1cccc(NC(=O)Nc2ccc(-c3ccnc(N)c3)cc2)c1.O=C(O)C(F)(F)F. The quantitative estimate of drug-likeness (QED) is 0.340. The number of nitrogens with zero attached hydrogens (tertiary/aromatic N) is 1. The maximum absolute atomic E-state index is 12.3. The van der Waals surface area contributed by atoms with Crippen LogP contribution in [-0.4, -0.2) is 40.2 Å². The number of carboxylic acids is 1. The Balaban J connectivity index is 0.000000572. The summed E-state index contributed by atoms with van der Waals surface area (Å²) in [5.41, 5.74) is 9.29. The number of aromatic nitrogens is 1. The Morgan fingerprint density at radius 3 is 2.08 bits per heavy atom. The highest BCUT2D eigenvalue weighted by Crippen LogP contribution is 2.22. The number of amides is 3. The second kappa shape index (κ2) is 12.2. The molecule has 1 aromatic heterocycles. The van der Waals surface area contributed by atoms with E-state index >= 15 is 0 Å². The average Bonchev–Trinajstić information content (AvgIpc) is 2.79. The number of anilines is 3. The van der Waals surface area contributed by atoms with Crippen molar-refractivity contribution >= 4 is 35.1 Å². The normalized spacial score (nSPS) is 10.6. The minimum absolute atomic E-state index is 0.0361. The molecule has 0 aliphatic carbocycles. The van der Waals surface area contributed by atoms with Gasteiger partial charge in [-0.3, -0.25) is 4.79 Å². The molecule has 0 saturated carbocycles. The van der Waals surface area contributed by atoms with Crippen molar-refractivity contribution in [3.05, 3.63) is 72.4 Å². The molecule has 0 aliphatic rings. The zero-order valence-electron chi connectivity index (χ0n) is 19.3. The number of hydrogen-bond acceptors (Lipinski definition) is 5. The first-order chi connectivity index (χ1) is 16.8. The van der Waals surface area contributed by atoms with Gasteiger partial charge < -0.3 is 26.8 Å². The third-order valence-corrected chi connectivity index (χ3v) is 4.30. The smallest absolute Gasteiger partial charge is 0.475 e. The van der Waals surface area contributed by atoms with Crippen molar-refractivity contribution in [1.82, 2.24) is 10.3 Å². The maximum Gasteiger partial charge on any atom is 0.490 e. The third kappa shape index (κ3) is 8.97. The van der Waals surface area contributed by atoms with Crippen LogP contribution in [0.1, 0.15) is 24.2 Å². The molecule has 0 unspecified atom stereocenters. The van der Waals surface area contributed by atoms with Gasteiger partial charge in [-0.25, -0.2) is 14.6 Å². The Bertz CT molecular complexity index is 1210. The van der Waals surface area contributed by atoms with Gasteiger partial charge in [-0.2, -0.15) is 13.2 Å². The van der Waals surface area contributed by atoms with E-state index in [1.54, 1.807) is 48.7 Å². The summed E-state index contributed by atoms with van der Waals surface area (Å²) in [6, 6.07) is 17.5. The maximum atomic E-state index is 12.3. The van der Waals surface area contributed by atoms with E-state index in [2.05, 4.69) is 20.9 Å². The number of rotatable bonds is 5. The molecule has 0 spiro atoms. The van der Waals surface area contributed by atoms with Gasteiger partial charge in [0.05, 0.1) is 0 Å². The Hall–Kier alpha value is -4.61. The Morgan fingerprint density at radius 1 is 0.917 bits per heavy atom. The second-order valence-corrected chi connectivity index (χ2v) is 7.64. The number of hydrogen-bond donors (Lipinski definition) is 5. The molecule has 0 bridgehead atoms. The fourth-order valence-electron chi connectivity index (χ4n) is 2.75. The molecule has 3 aromatic rings. The van der Waals surface area contributed by atoms with Crippen LogP contribution in [-0.2, 0) is 4.79 Å². The first-order valence-corrected chi connectivity index (χ1v) is 10.5. The molecule has 6 N–H and O–H groups in total. The highest BCUT2D eigenvalue weighted by atomic mass is 19.4. The summed E-state index contributed by atoms with van der Waals surface area (Å²) < 4.78 is 31.7. The molecule has 0 radical (unpaired) electrons. The topological polar surface area (TPSA) is 146 Å². The number of benzene rings is 2. The summed E-state index contributed by atoms with van der Waals surface area (Å²) in [7, 11) is 0. The molecule has 3 rings (SSSR count). The third-order valence-electron chi connectivity index (χ3n) is 4.30. The van der Waals surface area contributed by atoms with E-state index in [1.807, 2.05) is 32.0 Å². The number of alkyl halides is 3. The predicted octanol–water partition coefficient (Wildman–Crippen LogP) is 4.75. The number of carbonyl (C=O) groups excluding carboxylic acids is 2. The predicted molar refractivity (Wildman–Crippen MR) is 129 cm³/mol. The van der Waals surface area contributed by atoms with Gasteiger partial charge >= 0.3 is 18.2 Å². The van der Waals surface area contributed by atoms with Gasteiger partial charge in [0.1, 0.15) is 5.82 Å². The van der Waals surface area contributed by atoms with Crippen molar-refractivity contribution in [3.8, 4) is 11.1 Å². The minimum atomic E-state index is -5.08. The van der Waals surface area contributed by atoms with Gasteiger partial charge in [-0.1, -0.05) is 18.2 Å². The lowest BCUT2D eigenvalue weighted by molar-refractivity contribution is -0.192. The van der Waals surface area contributed by atoms with Gasteiger partial charge in [0.15, 0.2) is 0 Å². The summed E-state index contributed by atoms with van der Waals surface area (Å²) in [6.07, 6.45) is -3.43. The first kappa shape index (κ1) is 27.6. The van der Waals surface area contributed by atoms with E-state index in [-0.39, 0.29) is 11.9 Å². The van der Waals surface area contributed by atoms with Crippen molar-refractivity contribution in [2.75, 3.05) is 16.4 Å². The molecular formula is C24H24F3N5O4. The number of nitrogens with one attached hydrogen (secondary N) is 3. The van der Waals surface area contributed by atoms with Crippen molar-refractivity contribution in [2.45, 2.75) is 26.1 Å². The summed E-state index contributed by atoms with van der Waals surface area (Å²) >= 11 is 0. The average molecular weight is 503 g/mol. The first-order valence-electron chi connectivity index (χ1n) is 10.5. The molecule has 2 aromatic carbocycles. The highest BCUT2D eigenvalue weighted by Gasteiger charge is 2.38. The van der Waals surface area contributed by atoms with Crippen molar-refractivity contribution in [1.29, 1.82) is 0 Å². The molecule has 36 heavy (non-hydrogen) atoms. The molecule has 1 heterocycles. The zero-order valence-corrected chi connectivity index (χ0v) is 19.3. The van der Waals surface area contributed by atoms with Crippen LogP contribution in [0.15, 0.2) is 66.9 Å². The van der Waals surface area contributed by atoms with E-state index in [1.165, 1.54) is 0 Å². The van der Waals surface area contributed by atoms with Crippen LogP contribution >= 0.6 is 0 Å². The lowest BCUT2D eigenvalue weighted by Crippen LogP contribution is -2.30. The number of urea groups is 1. The fraction of sp³-hybridized carbons (Fsp3) is 0.167. The minimum Gasteiger partial charge on any atom is -0.475 e. The Morgan fingerprint density at radius 2 is 1.53 bits per heavy atom. The van der Waals surface area contributed by atoms with Gasteiger partial charge in [0.25, 0.3) is 5.91 Å². The van der Waals surface area contributed by atoms with E-state index in [9.17, 15) is 22.8 Å². The highest BCUT2D eigenvalue weighted by molar-refractivity contribution is 6.01. The lowest BCUT2D eigenvalue weighted by atomic mass is 10.1. The number of carboxylic acid groups (broad SMARTS) is 1. The fourth-order valence-corrected chi connectivity index (χ4v) is 2.75. The zero-order chi connectivity index (χ0) is 26.9. The van der Waals surface area contributed by atoms with E-state index in [0.29, 0.717) is 22.8 Å². The van der Waals surface area contributed by atoms with Crippen LogP contribution in [0.4, 0.5) is 35.2 Å². The van der Waals surface area contributed by atoms with Crippen LogP contribution in [0.2, 0.25) is 0 Å². The summed E-state index contributed by atoms with van der Waals surface area (Å²) in [4.78, 5) is 37.3. The van der Waals surface area contributed by atoms with Gasteiger partial charge in [0, 0.05) is 29.2 Å². The molecule has 0 saturated heterocycles. The standard InChI is InChI=1S/C22H23N5O2.C2HF3O2/c1-14(2)25-21(28)17-4-3-5-19(12-17)27-22(29)26-18-8-6-15(7-9-18)16-10-11-24-20(23)13-16;3-2(4,5)1(6)7/h3-14H,1-2H3,(H2,23,24)(H,25,28)(H2,26,27,29);(H,6,7). The van der Waals surface area contributed by atoms with Crippen molar-refractivity contribution in [3.63, 3.8) is 0 Å². The lowest BCUT2D eigenvalue weighted by Gasteiger charge is -2.11. The van der Waals surface area contributed by atoms with Crippen LogP contribution in [0, 0.1) is 0 Å². The summed E-state index contributed by atoms with van der Waals surface area (Å²) in [5.74, 6) is -2.49.